The molecule has 0 spiro atoms. The first-order chi connectivity index (χ1) is 12.2. The number of anilines is 1. The second-order valence-corrected chi connectivity index (χ2v) is 5.76. The average molecular weight is 333 g/mol. The maximum atomic E-state index is 13.2. The van der Waals surface area contributed by atoms with Crippen molar-refractivity contribution in [3.05, 3.63) is 78.1 Å². The summed E-state index contributed by atoms with van der Waals surface area (Å²) in [7, 11) is 0. The van der Waals surface area contributed by atoms with Crippen molar-refractivity contribution in [3.8, 4) is 11.1 Å². The molecule has 0 fully saturated rings. The number of aromatic nitrogens is 4. The van der Waals surface area contributed by atoms with E-state index in [9.17, 15) is 4.39 Å². The van der Waals surface area contributed by atoms with Gasteiger partial charge in [0.15, 0.2) is 5.65 Å². The maximum absolute atomic E-state index is 13.2. The molecule has 6 heteroatoms. The molecular weight excluding hydrogens is 317 g/mol. The van der Waals surface area contributed by atoms with Gasteiger partial charge in [-0.1, -0.05) is 18.2 Å². The number of halogens is 1. The van der Waals surface area contributed by atoms with Crippen molar-refractivity contribution in [3.63, 3.8) is 0 Å². The highest BCUT2D eigenvalue weighted by Crippen LogP contribution is 2.26. The number of benzene rings is 1. The van der Waals surface area contributed by atoms with E-state index in [0.717, 1.165) is 33.8 Å². The molecule has 124 valence electrons. The lowest BCUT2D eigenvalue weighted by Crippen LogP contribution is -2.08. The van der Waals surface area contributed by atoms with Crippen molar-refractivity contribution in [2.75, 3.05) is 5.32 Å². The monoisotopic (exact) mass is 333 g/mol. The number of nitrogens with one attached hydrogen (secondary N) is 1. The summed E-state index contributed by atoms with van der Waals surface area (Å²) in [6, 6.07) is 12.2. The molecule has 0 unspecified atom stereocenters. The maximum Gasteiger partial charge on any atom is 0.165 e. The summed E-state index contributed by atoms with van der Waals surface area (Å²) in [4.78, 5) is 8.83. The fourth-order valence-corrected chi connectivity index (χ4v) is 2.74. The Kier molecular flexibility index (Phi) is 3.85. The Balaban J connectivity index is 1.72. The summed E-state index contributed by atoms with van der Waals surface area (Å²) in [5.74, 6) is 0.603. The molecule has 5 nitrogen and oxygen atoms in total. The lowest BCUT2D eigenvalue weighted by molar-refractivity contribution is 0.628. The molecule has 0 saturated carbocycles. The standard InChI is InChI=1S/C19H16FN5/c1-13-10-22-19-17(14-5-7-15(20)8-6-14)12-24-25(19)18(13)23-11-16-4-2-3-9-21-16/h2-10,12,23H,11H2,1H3. The molecule has 4 rings (SSSR count). The van der Waals surface area contributed by atoms with Gasteiger partial charge in [-0.25, -0.2) is 9.37 Å². The molecule has 3 heterocycles. The first kappa shape index (κ1) is 15.3. The van der Waals surface area contributed by atoms with Gasteiger partial charge in [0.05, 0.1) is 18.4 Å². The van der Waals surface area contributed by atoms with Crippen LogP contribution in [0.25, 0.3) is 16.8 Å². The third-order valence-corrected chi connectivity index (χ3v) is 4.03. The molecule has 1 N–H and O–H groups in total. The molecule has 0 aliphatic rings. The summed E-state index contributed by atoms with van der Waals surface area (Å²) in [6.07, 6.45) is 5.33. The molecular formula is C19H16FN5. The van der Waals surface area contributed by atoms with Gasteiger partial charge < -0.3 is 5.32 Å². The van der Waals surface area contributed by atoms with Crippen LogP contribution in [0.5, 0.6) is 0 Å². The number of nitrogens with zero attached hydrogens (tertiary/aromatic N) is 4. The molecule has 0 atom stereocenters. The van der Waals surface area contributed by atoms with E-state index in [2.05, 4.69) is 20.4 Å². The Morgan fingerprint density at radius 2 is 1.88 bits per heavy atom. The molecule has 3 aromatic heterocycles. The number of rotatable bonds is 4. The third kappa shape index (κ3) is 2.94. The van der Waals surface area contributed by atoms with Crippen LogP contribution in [-0.4, -0.2) is 19.6 Å². The van der Waals surface area contributed by atoms with Crippen molar-refractivity contribution in [2.24, 2.45) is 0 Å². The lowest BCUT2D eigenvalue weighted by atomic mass is 10.1. The number of hydrogen-bond donors (Lipinski definition) is 1. The van der Waals surface area contributed by atoms with Crippen LogP contribution >= 0.6 is 0 Å². The average Bonchev–Trinajstić information content (AvgIpc) is 3.06. The van der Waals surface area contributed by atoms with Gasteiger partial charge in [0, 0.05) is 23.5 Å². The first-order valence-corrected chi connectivity index (χ1v) is 7.95. The SMILES string of the molecule is Cc1cnc2c(-c3ccc(F)cc3)cnn2c1NCc1ccccn1. The van der Waals surface area contributed by atoms with Gasteiger partial charge in [0.2, 0.25) is 0 Å². The van der Waals surface area contributed by atoms with Crippen molar-refractivity contribution in [2.45, 2.75) is 13.5 Å². The van der Waals surface area contributed by atoms with E-state index in [0.29, 0.717) is 6.54 Å². The van der Waals surface area contributed by atoms with Crippen LogP contribution in [0.2, 0.25) is 0 Å². The predicted molar refractivity (Wildman–Crippen MR) is 94.7 cm³/mol. The Morgan fingerprint density at radius 1 is 1.04 bits per heavy atom. The van der Waals surface area contributed by atoms with E-state index in [1.165, 1.54) is 12.1 Å². The predicted octanol–water partition coefficient (Wildman–Crippen LogP) is 3.85. The van der Waals surface area contributed by atoms with Crippen molar-refractivity contribution in [1.82, 2.24) is 19.6 Å². The zero-order chi connectivity index (χ0) is 17.2. The van der Waals surface area contributed by atoms with E-state index >= 15 is 0 Å². The van der Waals surface area contributed by atoms with Gasteiger partial charge in [-0.2, -0.15) is 9.61 Å². The summed E-state index contributed by atoms with van der Waals surface area (Å²) in [6.45, 7) is 2.57. The molecule has 0 amide bonds. The minimum Gasteiger partial charge on any atom is -0.364 e. The van der Waals surface area contributed by atoms with E-state index < -0.39 is 0 Å². The van der Waals surface area contributed by atoms with Crippen LogP contribution in [0.4, 0.5) is 10.2 Å². The van der Waals surface area contributed by atoms with Gasteiger partial charge in [-0.3, -0.25) is 4.98 Å². The molecule has 1 aromatic carbocycles. The Labute approximate surface area is 144 Å². The zero-order valence-electron chi connectivity index (χ0n) is 13.6. The van der Waals surface area contributed by atoms with Crippen LogP contribution in [0.3, 0.4) is 0 Å². The van der Waals surface area contributed by atoms with Crippen molar-refractivity contribution >= 4 is 11.5 Å². The summed E-state index contributed by atoms with van der Waals surface area (Å²) in [5, 5.41) is 7.85. The Morgan fingerprint density at radius 3 is 2.64 bits per heavy atom. The third-order valence-electron chi connectivity index (χ3n) is 4.03. The molecule has 4 aromatic rings. The van der Waals surface area contributed by atoms with Crippen molar-refractivity contribution in [1.29, 1.82) is 0 Å². The molecule has 25 heavy (non-hydrogen) atoms. The fraction of sp³-hybridized carbons (Fsp3) is 0.105. The van der Waals surface area contributed by atoms with Gasteiger partial charge in [0.1, 0.15) is 11.6 Å². The lowest BCUT2D eigenvalue weighted by Gasteiger charge is -2.11. The molecule has 0 aliphatic heterocycles. The minimum atomic E-state index is -0.262. The summed E-state index contributed by atoms with van der Waals surface area (Å²) < 4.78 is 14.9. The number of aryl methyl sites for hydroxylation is 1. The second kappa shape index (κ2) is 6.32. The zero-order valence-corrected chi connectivity index (χ0v) is 13.6. The van der Waals surface area contributed by atoms with E-state index in [-0.39, 0.29) is 5.82 Å². The highest BCUT2D eigenvalue weighted by Gasteiger charge is 2.13. The molecule has 0 aliphatic carbocycles. The van der Waals surface area contributed by atoms with Gasteiger partial charge >= 0.3 is 0 Å². The largest absolute Gasteiger partial charge is 0.364 e. The second-order valence-electron chi connectivity index (χ2n) is 5.76. The van der Waals surface area contributed by atoms with Gasteiger partial charge in [-0.15, -0.1) is 0 Å². The highest BCUT2D eigenvalue weighted by atomic mass is 19.1. The minimum absolute atomic E-state index is 0.262. The summed E-state index contributed by atoms with van der Waals surface area (Å²) >= 11 is 0. The highest BCUT2D eigenvalue weighted by molar-refractivity contribution is 5.78. The van der Waals surface area contributed by atoms with E-state index in [1.54, 1.807) is 29.0 Å². The molecule has 0 saturated heterocycles. The van der Waals surface area contributed by atoms with Crippen molar-refractivity contribution < 1.29 is 4.39 Å². The number of fused-ring (bicyclic) bond motifs is 1. The van der Waals surface area contributed by atoms with Crippen LogP contribution in [0.1, 0.15) is 11.3 Å². The molecule has 0 radical (unpaired) electrons. The topological polar surface area (TPSA) is 55.1 Å². The fourth-order valence-electron chi connectivity index (χ4n) is 2.74. The number of hydrogen-bond acceptors (Lipinski definition) is 4. The van der Waals surface area contributed by atoms with Crippen LogP contribution in [0.15, 0.2) is 61.1 Å². The summed E-state index contributed by atoms with van der Waals surface area (Å²) in [5.41, 5.74) is 4.39. The Bertz CT molecular complexity index is 1010. The van der Waals surface area contributed by atoms with E-state index in [4.69, 9.17) is 0 Å². The smallest absolute Gasteiger partial charge is 0.165 e. The first-order valence-electron chi connectivity index (χ1n) is 7.95. The van der Waals surface area contributed by atoms with Crippen LogP contribution in [-0.2, 0) is 6.54 Å². The number of pyridine rings is 1. The Hall–Kier alpha value is -3.28. The van der Waals surface area contributed by atoms with Crippen LogP contribution < -0.4 is 5.32 Å². The van der Waals surface area contributed by atoms with Gasteiger partial charge in [0.25, 0.3) is 0 Å². The molecule has 0 bridgehead atoms. The van der Waals surface area contributed by atoms with Crippen LogP contribution in [0, 0.1) is 12.7 Å². The quantitative estimate of drug-likeness (QED) is 0.616. The normalized spacial score (nSPS) is 11.0. The van der Waals surface area contributed by atoms with E-state index in [1.807, 2.05) is 31.3 Å². The van der Waals surface area contributed by atoms with Gasteiger partial charge in [-0.05, 0) is 36.8 Å².